The highest BCUT2D eigenvalue weighted by Crippen LogP contribution is 2.37. The Morgan fingerprint density at radius 2 is 1.87 bits per heavy atom. The molecule has 1 aromatic rings. The first-order valence-electron chi connectivity index (χ1n) is 8.56. The van der Waals surface area contributed by atoms with Crippen LogP contribution >= 0.6 is 0 Å². The Kier molecular flexibility index (Phi) is 5.06. The number of benzene rings is 1. The van der Waals surface area contributed by atoms with E-state index >= 15 is 0 Å². The predicted octanol–water partition coefficient (Wildman–Crippen LogP) is 2.05. The maximum Gasteiger partial charge on any atom is 0.260 e. The minimum atomic E-state index is 0.0536. The number of likely N-dealkylation sites (tertiary alicyclic amines) is 1. The van der Waals surface area contributed by atoms with Gasteiger partial charge in [0.05, 0.1) is 6.61 Å². The predicted molar refractivity (Wildman–Crippen MR) is 88.5 cm³/mol. The topological polar surface area (TPSA) is 64.8 Å². The summed E-state index contributed by atoms with van der Waals surface area (Å²) in [6.45, 7) is 4.49. The maximum atomic E-state index is 12.3. The molecule has 0 aromatic heterocycles. The molecule has 3 unspecified atom stereocenters. The molecule has 3 atom stereocenters. The van der Waals surface area contributed by atoms with Crippen LogP contribution in [-0.4, -0.2) is 43.2 Å². The standard InChI is InChI=1S/C18H26N2O3/c1-2-9-22-14-4-6-15(7-5-14)23-12-18(21)20-10-13-3-8-17(19)16(13)11-20/h4-7,13,16-17H,2-3,8-12,19H2,1H3. The van der Waals surface area contributed by atoms with Crippen molar-refractivity contribution in [1.82, 2.24) is 4.90 Å². The van der Waals surface area contributed by atoms with E-state index in [2.05, 4.69) is 6.92 Å². The van der Waals surface area contributed by atoms with Crippen molar-refractivity contribution in [2.24, 2.45) is 17.6 Å². The van der Waals surface area contributed by atoms with Gasteiger partial charge in [0.2, 0.25) is 0 Å². The van der Waals surface area contributed by atoms with Crippen molar-refractivity contribution in [2.75, 3.05) is 26.3 Å². The molecule has 3 rings (SSSR count). The van der Waals surface area contributed by atoms with Gasteiger partial charge in [-0.25, -0.2) is 0 Å². The minimum absolute atomic E-state index is 0.0536. The molecule has 1 saturated carbocycles. The van der Waals surface area contributed by atoms with Crippen LogP contribution in [0.15, 0.2) is 24.3 Å². The first kappa shape index (κ1) is 16.1. The lowest BCUT2D eigenvalue weighted by Gasteiger charge is -2.19. The Balaban J connectivity index is 1.46. The van der Waals surface area contributed by atoms with Crippen molar-refractivity contribution in [3.05, 3.63) is 24.3 Å². The van der Waals surface area contributed by atoms with E-state index in [9.17, 15) is 4.79 Å². The van der Waals surface area contributed by atoms with E-state index in [0.717, 1.165) is 38.1 Å². The van der Waals surface area contributed by atoms with E-state index < -0.39 is 0 Å². The molecule has 126 valence electrons. The Hall–Kier alpha value is -1.75. The van der Waals surface area contributed by atoms with Crippen molar-refractivity contribution in [1.29, 1.82) is 0 Å². The van der Waals surface area contributed by atoms with Gasteiger partial charge in [-0.2, -0.15) is 0 Å². The van der Waals surface area contributed by atoms with Gasteiger partial charge in [-0.15, -0.1) is 0 Å². The zero-order chi connectivity index (χ0) is 16.2. The zero-order valence-electron chi connectivity index (χ0n) is 13.7. The highest BCUT2D eigenvalue weighted by atomic mass is 16.5. The quantitative estimate of drug-likeness (QED) is 0.872. The van der Waals surface area contributed by atoms with E-state index in [4.69, 9.17) is 15.2 Å². The van der Waals surface area contributed by atoms with E-state index in [0.29, 0.717) is 24.2 Å². The molecular weight excluding hydrogens is 292 g/mol. The van der Waals surface area contributed by atoms with Gasteiger partial charge in [-0.05, 0) is 55.4 Å². The van der Waals surface area contributed by atoms with Crippen molar-refractivity contribution in [3.63, 3.8) is 0 Å². The number of rotatable bonds is 6. The first-order chi connectivity index (χ1) is 11.2. The van der Waals surface area contributed by atoms with Crippen molar-refractivity contribution in [2.45, 2.75) is 32.2 Å². The number of hydrogen-bond donors (Lipinski definition) is 1. The molecule has 1 heterocycles. The van der Waals surface area contributed by atoms with Gasteiger partial charge < -0.3 is 20.1 Å². The molecule has 23 heavy (non-hydrogen) atoms. The number of nitrogens with two attached hydrogens (primary N) is 1. The summed E-state index contributed by atoms with van der Waals surface area (Å²) in [5.74, 6) is 2.64. The van der Waals surface area contributed by atoms with Crippen LogP contribution < -0.4 is 15.2 Å². The lowest BCUT2D eigenvalue weighted by Crippen LogP contribution is -2.36. The third kappa shape index (κ3) is 3.78. The van der Waals surface area contributed by atoms with Gasteiger partial charge in [0.25, 0.3) is 5.91 Å². The number of ether oxygens (including phenoxy) is 2. The Labute approximate surface area is 137 Å². The molecule has 1 aliphatic heterocycles. The van der Waals surface area contributed by atoms with Crippen LogP contribution in [0.5, 0.6) is 11.5 Å². The SMILES string of the molecule is CCCOc1ccc(OCC(=O)N2CC3CCC(N)C3C2)cc1. The van der Waals surface area contributed by atoms with Gasteiger partial charge >= 0.3 is 0 Å². The molecule has 1 saturated heterocycles. The highest BCUT2D eigenvalue weighted by molar-refractivity contribution is 5.78. The third-order valence-electron chi connectivity index (χ3n) is 4.92. The first-order valence-corrected chi connectivity index (χ1v) is 8.56. The van der Waals surface area contributed by atoms with Crippen LogP contribution in [0.1, 0.15) is 26.2 Å². The second kappa shape index (κ2) is 7.21. The summed E-state index contributed by atoms with van der Waals surface area (Å²) in [4.78, 5) is 14.2. The summed E-state index contributed by atoms with van der Waals surface area (Å²) in [6.07, 6.45) is 3.23. The van der Waals surface area contributed by atoms with Crippen molar-refractivity contribution >= 4 is 5.91 Å². The number of carbonyl (C=O) groups is 1. The van der Waals surface area contributed by atoms with E-state index in [1.165, 1.54) is 0 Å². The Morgan fingerprint density at radius 3 is 2.52 bits per heavy atom. The lowest BCUT2D eigenvalue weighted by atomic mass is 9.98. The van der Waals surface area contributed by atoms with Crippen molar-refractivity contribution in [3.8, 4) is 11.5 Å². The smallest absolute Gasteiger partial charge is 0.260 e. The molecule has 1 aliphatic carbocycles. The van der Waals surface area contributed by atoms with Crippen molar-refractivity contribution < 1.29 is 14.3 Å². The summed E-state index contributed by atoms with van der Waals surface area (Å²) in [7, 11) is 0. The molecule has 0 radical (unpaired) electrons. The lowest BCUT2D eigenvalue weighted by molar-refractivity contribution is -0.132. The second-order valence-electron chi connectivity index (χ2n) is 6.57. The molecule has 2 N–H and O–H groups in total. The van der Waals surface area contributed by atoms with Gasteiger partial charge in [0.15, 0.2) is 6.61 Å². The van der Waals surface area contributed by atoms with E-state index in [1.807, 2.05) is 29.2 Å². The number of carbonyl (C=O) groups excluding carboxylic acids is 1. The molecule has 1 amide bonds. The normalized spacial score (nSPS) is 26.2. The number of fused-ring (bicyclic) bond motifs is 1. The van der Waals surface area contributed by atoms with Gasteiger partial charge in [0.1, 0.15) is 11.5 Å². The molecule has 2 aliphatic rings. The van der Waals surface area contributed by atoms with E-state index in [-0.39, 0.29) is 18.6 Å². The van der Waals surface area contributed by atoms with Gasteiger partial charge in [0, 0.05) is 19.1 Å². The molecule has 2 fully saturated rings. The summed E-state index contributed by atoms with van der Waals surface area (Å²) >= 11 is 0. The third-order valence-corrected chi connectivity index (χ3v) is 4.92. The second-order valence-corrected chi connectivity index (χ2v) is 6.57. The van der Waals surface area contributed by atoms with Crippen LogP contribution in [0.2, 0.25) is 0 Å². The summed E-state index contributed by atoms with van der Waals surface area (Å²) in [6, 6.07) is 7.68. The molecule has 0 bridgehead atoms. The average Bonchev–Trinajstić information content (AvgIpc) is 3.14. The van der Waals surface area contributed by atoms with Gasteiger partial charge in [-0.1, -0.05) is 6.92 Å². The number of nitrogens with zero attached hydrogens (tertiary/aromatic N) is 1. The monoisotopic (exact) mass is 318 g/mol. The Morgan fingerprint density at radius 1 is 1.17 bits per heavy atom. The number of hydrogen-bond acceptors (Lipinski definition) is 4. The molecule has 5 heteroatoms. The van der Waals surface area contributed by atoms with Crippen LogP contribution in [-0.2, 0) is 4.79 Å². The van der Waals surface area contributed by atoms with Crippen LogP contribution in [0, 0.1) is 11.8 Å². The Bertz CT molecular complexity index is 532. The average molecular weight is 318 g/mol. The van der Waals surface area contributed by atoms with E-state index in [1.54, 1.807) is 0 Å². The van der Waals surface area contributed by atoms with Crippen LogP contribution in [0.25, 0.3) is 0 Å². The summed E-state index contributed by atoms with van der Waals surface area (Å²) < 4.78 is 11.1. The molecular formula is C18H26N2O3. The molecule has 5 nitrogen and oxygen atoms in total. The molecule has 0 spiro atoms. The fourth-order valence-corrected chi connectivity index (χ4v) is 3.60. The highest BCUT2D eigenvalue weighted by Gasteiger charge is 2.42. The maximum absolute atomic E-state index is 12.3. The largest absolute Gasteiger partial charge is 0.494 e. The molecule has 1 aromatic carbocycles. The van der Waals surface area contributed by atoms with Crippen LogP contribution in [0.3, 0.4) is 0 Å². The summed E-state index contributed by atoms with van der Waals surface area (Å²) in [5, 5.41) is 0. The minimum Gasteiger partial charge on any atom is -0.494 e. The fourth-order valence-electron chi connectivity index (χ4n) is 3.60. The van der Waals surface area contributed by atoms with Gasteiger partial charge in [-0.3, -0.25) is 4.79 Å². The summed E-state index contributed by atoms with van der Waals surface area (Å²) in [5.41, 5.74) is 6.12. The van der Waals surface area contributed by atoms with Crippen LogP contribution in [0.4, 0.5) is 0 Å². The zero-order valence-corrected chi connectivity index (χ0v) is 13.7. The fraction of sp³-hybridized carbons (Fsp3) is 0.611. The number of amides is 1.